The molecule has 3 atom stereocenters. The minimum atomic E-state index is -0.924. The molecular weight excluding hydrogens is 643 g/mol. The van der Waals surface area contributed by atoms with E-state index in [1.54, 1.807) is 6.08 Å². The van der Waals surface area contributed by atoms with Gasteiger partial charge in [-0.25, -0.2) is 0 Å². The summed E-state index contributed by atoms with van der Waals surface area (Å²) in [5.74, 6) is -0.311. The molecule has 5 heteroatoms. The van der Waals surface area contributed by atoms with Gasteiger partial charge in [0.05, 0.1) is 31.3 Å². The molecule has 0 fully saturated rings. The summed E-state index contributed by atoms with van der Waals surface area (Å²) in [5, 5.41) is 33.3. The second-order valence-electron chi connectivity index (χ2n) is 16.4. The van der Waals surface area contributed by atoms with Crippen LogP contribution in [0.25, 0.3) is 0 Å². The Morgan fingerprint density at radius 2 is 0.788 bits per heavy atom. The van der Waals surface area contributed by atoms with Crippen LogP contribution in [0.4, 0.5) is 0 Å². The van der Waals surface area contributed by atoms with Crippen LogP contribution in [0.5, 0.6) is 0 Å². The standard InChI is InChI=1S/C47H93NO4/c1-3-5-7-9-11-13-15-17-19-20-21-22-23-24-25-26-27-28-30-32-34-36-38-40-44(50)42-47(52)48-45(43-49)46(51)41-39-37-35-33-31-29-18-16-14-12-10-8-6-4-2/h39,41,44-46,49-51H,3-38,40,42-43H2,1-2H3,(H,48,52)/b41-39+. The molecular formula is C47H93NO4. The highest BCUT2D eigenvalue weighted by atomic mass is 16.3. The summed E-state index contributed by atoms with van der Waals surface area (Å²) >= 11 is 0. The zero-order chi connectivity index (χ0) is 38.0. The van der Waals surface area contributed by atoms with E-state index < -0.39 is 18.2 Å². The van der Waals surface area contributed by atoms with Crippen LogP contribution in [0, 0.1) is 0 Å². The molecule has 0 radical (unpaired) electrons. The fraction of sp³-hybridized carbons (Fsp3) is 0.936. The van der Waals surface area contributed by atoms with Crippen LogP contribution in [-0.4, -0.2) is 46.1 Å². The lowest BCUT2D eigenvalue weighted by Gasteiger charge is -2.21. The molecule has 0 aliphatic carbocycles. The molecule has 310 valence electrons. The van der Waals surface area contributed by atoms with Gasteiger partial charge in [0, 0.05) is 0 Å². The van der Waals surface area contributed by atoms with Gasteiger partial charge < -0.3 is 20.6 Å². The van der Waals surface area contributed by atoms with Gasteiger partial charge >= 0.3 is 0 Å². The number of unbranched alkanes of at least 4 members (excludes halogenated alkanes) is 34. The van der Waals surface area contributed by atoms with Crippen LogP contribution in [0.3, 0.4) is 0 Å². The second-order valence-corrected chi connectivity index (χ2v) is 16.4. The Bertz CT molecular complexity index is 728. The predicted octanol–water partition coefficient (Wildman–Crippen LogP) is 13.6. The number of nitrogens with one attached hydrogen (secondary N) is 1. The Labute approximate surface area is 325 Å². The van der Waals surface area contributed by atoms with Crippen LogP contribution < -0.4 is 5.32 Å². The zero-order valence-corrected chi connectivity index (χ0v) is 35.2. The number of aliphatic hydroxyl groups is 3. The van der Waals surface area contributed by atoms with E-state index in [0.717, 1.165) is 25.7 Å². The van der Waals surface area contributed by atoms with Crippen molar-refractivity contribution < 1.29 is 20.1 Å². The maximum Gasteiger partial charge on any atom is 0.222 e. The van der Waals surface area contributed by atoms with Gasteiger partial charge in [0.15, 0.2) is 0 Å². The molecule has 4 N–H and O–H groups in total. The SMILES string of the molecule is CCCCCCCCCCCCCC/C=C/C(O)C(CO)NC(=O)CC(O)CCCCCCCCCCCCCCCCCCCCCCCCC. The highest BCUT2D eigenvalue weighted by molar-refractivity contribution is 5.76. The largest absolute Gasteiger partial charge is 0.394 e. The van der Waals surface area contributed by atoms with Crippen LogP contribution in [-0.2, 0) is 4.79 Å². The molecule has 0 saturated carbocycles. The maximum atomic E-state index is 12.4. The van der Waals surface area contributed by atoms with Crippen molar-refractivity contribution in [1.82, 2.24) is 5.32 Å². The normalized spacial score (nSPS) is 13.6. The number of carbonyl (C=O) groups is 1. The fourth-order valence-corrected chi connectivity index (χ4v) is 7.46. The number of hydrogen-bond donors (Lipinski definition) is 4. The smallest absolute Gasteiger partial charge is 0.222 e. The Morgan fingerprint density at radius 1 is 0.481 bits per heavy atom. The van der Waals surface area contributed by atoms with E-state index in [0.29, 0.717) is 6.42 Å². The van der Waals surface area contributed by atoms with E-state index in [-0.39, 0.29) is 18.9 Å². The minimum absolute atomic E-state index is 0.0189. The van der Waals surface area contributed by atoms with E-state index in [4.69, 9.17) is 0 Å². The predicted molar refractivity (Wildman–Crippen MR) is 227 cm³/mol. The monoisotopic (exact) mass is 736 g/mol. The first-order chi connectivity index (χ1) is 25.5. The number of rotatable bonds is 43. The van der Waals surface area contributed by atoms with Gasteiger partial charge in [-0.3, -0.25) is 4.79 Å². The quantitative estimate of drug-likeness (QED) is 0.0371. The van der Waals surface area contributed by atoms with Gasteiger partial charge in [-0.05, 0) is 19.3 Å². The van der Waals surface area contributed by atoms with E-state index in [1.165, 1.54) is 205 Å². The number of aliphatic hydroxyl groups excluding tert-OH is 3. The Kier molecular flexibility index (Phi) is 42.1. The minimum Gasteiger partial charge on any atom is -0.394 e. The van der Waals surface area contributed by atoms with E-state index >= 15 is 0 Å². The molecule has 0 aliphatic heterocycles. The average molecular weight is 736 g/mol. The van der Waals surface area contributed by atoms with Crippen molar-refractivity contribution in [3.05, 3.63) is 12.2 Å². The zero-order valence-electron chi connectivity index (χ0n) is 35.2. The van der Waals surface area contributed by atoms with E-state index in [2.05, 4.69) is 19.2 Å². The van der Waals surface area contributed by atoms with Gasteiger partial charge in [-0.15, -0.1) is 0 Å². The molecule has 0 heterocycles. The Balaban J connectivity index is 3.57. The first-order valence-corrected chi connectivity index (χ1v) is 23.5. The molecule has 52 heavy (non-hydrogen) atoms. The Morgan fingerprint density at radius 3 is 1.12 bits per heavy atom. The van der Waals surface area contributed by atoms with Crippen molar-refractivity contribution in [3.8, 4) is 0 Å². The highest BCUT2D eigenvalue weighted by Crippen LogP contribution is 2.17. The molecule has 0 aromatic rings. The van der Waals surface area contributed by atoms with Gasteiger partial charge in [0.25, 0.3) is 0 Å². The molecule has 3 unspecified atom stereocenters. The average Bonchev–Trinajstić information content (AvgIpc) is 3.14. The van der Waals surface area contributed by atoms with Crippen LogP contribution in [0.2, 0.25) is 0 Å². The van der Waals surface area contributed by atoms with Gasteiger partial charge in [0.2, 0.25) is 5.91 Å². The molecule has 0 aliphatic rings. The summed E-state index contributed by atoms with van der Waals surface area (Å²) in [6.07, 6.45) is 50.8. The third-order valence-electron chi connectivity index (χ3n) is 11.1. The van der Waals surface area contributed by atoms with Crippen molar-refractivity contribution in [3.63, 3.8) is 0 Å². The van der Waals surface area contributed by atoms with E-state index in [9.17, 15) is 20.1 Å². The summed E-state index contributed by atoms with van der Waals surface area (Å²) < 4.78 is 0. The number of amides is 1. The van der Waals surface area contributed by atoms with Gasteiger partial charge in [0.1, 0.15) is 0 Å². The van der Waals surface area contributed by atoms with Crippen LogP contribution in [0.1, 0.15) is 258 Å². The van der Waals surface area contributed by atoms with Gasteiger partial charge in [-0.1, -0.05) is 244 Å². The van der Waals surface area contributed by atoms with E-state index in [1.807, 2.05) is 6.08 Å². The lowest BCUT2D eigenvalue weighted by atomic mass is 10.0. The van der Waals surface area contributed by atoms with Crippen molar-refractivity contribution in [1.29, 1.82) is 0 Å². The van der Waals surface area contributed by atoms with Crippen molar-refractivity contribution in [2.45, 2.75) is 276 Å². The summed E-state index contributed by atoms with van der Waals surface area (Å²) in [4.78, 5) is 12.4. The molecule has 0 aromatic carbocycles. The topological polar surface area (TPSA) is 89.8 Å². The summed E-state index contributed by atoms with van der Waals surface area (Å²) in [6.45, 7) is 4.23. The molecule has 0 rings (SSSR count). The molecule has 0 saturated heterocycles. The molecule has 0 aromatic heterocycles. The van der Waals surface area contributed by atoms with Crippen molar-refractivity contribution >= 4 is 5.91 Å². The molecule has 0 bridgehead atoms. The highest BCUT2D eigenvalue weighted by Gasteiger charge is 2.20. The molecule has 5 nitrogen and oxygen atoms in total. The third-order valence-corrected chi connectivity index (χ3v) is 11.1. The number of allylic oxidation sites excluding steroid dienone is 1. The Hall–Kier alpha value is -0.910. The summed E-state index contributed by atoms with van der Waals surface area (Å²) in [5.41, 5.74) is 0. The first-order valence-electron chi connectivity index (χ1n) is 23.5. The van der Waals surface area contributed by atoms with Crippen molar-refractivity contribution in [2.24, 2.45) is 0 Å². The van der Waals surface area contributed by atoms with Crippen LogP contribution >= 0.6 is 0 Å². The maximum absolute atomic E-state index is 12.4. The fourth-order valence-electron chi connectivity index (χ4n) is 7.46. The third kappa shape index (κ3) is 38.8. The lowest BCUT2D eigenvalue weighted by molar-refractivity contribution is -0.124. The number of carbonyl (C=O) groups excluding carboxylic acids is 1. The molecule has 1 amide bonds. The van der Waals surface area contributed by atoms with Gasteiger partial charge in [-0.2, -0.15) is 0 Å². The van der Waals surface area contributed by atoms with Crippen molar-refractivity contribution in [2.75, 3.05) is 6.61 Å². The van der Waals surface area contributed by atoms with Crippen LogP contribution in [0.15, 0.2) is 12.2 Å². The summed E-state index contributed by atoms with van der Waals surface area (Å²) in [7, 11) is 0. The first kappa shape index (κ1) is 51.1. The second kappa shape index (κ2) is 42.8. The molecule has 0 spiro atoms. The number of hydrogen-bond acceptors (Lipinski definition) is 4. The lowest BCUT2D eigenvalue weighted by Crippen LogP contribution is -2.45. The summed E-state index contributed by atoms with van der Waals surface area (Å²) in [6, 6.07) is -0.739.